The molecule has 1 aromatic rings. The summed E-state index contributed by atoms with van der Waals surface area (Å²) in [6, 6.07) is 4.22. The van der Waals surface area contributed by atoms with Crippen molar-refractivity contribution in [3.05, 3.63) is 22.4 Å². The SMILES string of the molecule is CCCCN(C)C(=N)CCc1cccs1. The van der Waals surface area contributed by atoms with Crippen LogP contribution in [-0.2, 0) is 6.42 Å². The molecule has 2 nitrogen and oxygen atoms in total. The summed E-state index contributed by atoms with van der Waals surface area (Å²) in [4.78, 5) is 3.44. The van der Waals surface area contributed by atoms with Crippen molar-refractivity contribution in [3.8, 4) is 0 Å². The fourth-order valence-corrected chi connectivity index (χ4v) is 2.13. The summed E-state index contributed by atoms with van der Waals surface area (Å²) in [7, 11) is 2.02. The molecule has 0 fully saturated rings. The van der Waals surface area contributed by atoms with E-state index in [0.29, 0.717) is 0 Å². The van der Waals surface area contributed by atoms with Gasteiger partial charge in [-0.3, -0.25) is 5.41 Å². The largest absolute Gasteiger partial charge is 0.364 e. The van der Waals surface area contributed by atoms with Crippen molar-refractivity contribution in [3.63, 3.8) is 0 Å². The number of amidine groups is 1. The second kappa shape index (κ2) is 6.62. The molecular formula is C12H20N2S. The van der Waals surface area contributed by atoms with Crippen LogP contribution in [0.1, 0.15) is 31.1 Å². The van der Waals surface area contributed by atoms with Gasteiger partial charge in [0.1, 0.15) is 0 Å². The first-order chi connectivity index (χ1) is 7.24. The number of hydrogen-bond donors (Lipinski definition) is 1. The summed E-state index contributed by atoms with van der Waals surface area (Å²) in [5.41, 5.74) is 0. The van der Waals surface area contributed by atoms with E-state index in [1.54, 1.807) is 11.3 Å². The Morgan fingerprint density at radius 2 is 2.33 bits per heavy atom. The molecule has 0 bridgehead atoms. The second-order valence-electron chi connectivity index (χ2n) is 3.80. The number of unbranched alkanes of at least 4 members (excludes halogenated alkanes) is 1. The van der Waals surface area contributed by atoms with E-state index in [1.807, 2.05) is 7.05 Å². The Kier molecular flexibility index (Phi) is 5.40. The van der Waals surface area contributed by atoms with Gasteiger partial charge in [-0.25, -0.2) is 0 Å². The third-order valence-corrected chi connectivity index (χ3v) is 3.43. The molecule has 0 aliphatic heterocycles. The Hall–Kier alpha value is -0.830. The number of rotatable bonds is 6. The summed E-state index contributed by atoms with van der Waals surface area (Å²) in [5.74, 6) is 0.761. The number of thiophene rings is 1. The van der Waals surface area contributed by atoms with E-state index in [-0.39, 0.29) is 0 Å². The molecule has 0 amide bonds. The van der Waals surface area contributed by atoms with Crippen molar-refractivity contribution in [2.75, 3.05) is 13.6 Å². The molecule has 3 heteroatoms. The van der Waals surface area contributed by atoms with Crippen molar-refractivity contribution in [1.29, 1.82) is 5.41 Å². The van der Waals surface area contributed by atoms with Crippen LogP contribution in [0.5, 0.6) is 0 Å². The van der Waals surface area contributed by atoms with Gasteiger partial charge in [-0.05, 0) is 24.3 Å². The van der Waals surface area contributed by atoms with E-state index >= 15 is 0 Å². The first kappa shape index (κ1) is 12.2. The lowest BCUT2D eigenvalue weighted by Gasteiger charge is -2.19. The molecule has 0 saturated carbocycles. The molecule has 0 saturated heterocycles. The Bertz CT molecular complexity index is 280. The monoisotopic (exact) mass is 224 g/mol. The maximum Gasteiger partial charge on any atom is 0.0958 e. The maximum atomic E-state index is 7.91. The third kappa shape index (κ3) is 4.47. The van der Waals surface area contributed by atoms with Gasteiger partial charge in [0.15, 0.2) is 0 Å². The fourth-order valence-electron chi connectivity index (χ4n) is 1.42. The molecule has 0 unspecified atom stereocenters. The number of nitrogens with one attached hydrogen (secondary N) is 1. The first-order valence-electron chi connectivity index (χ1n) is 5.55. The van der Waals surface area contributed by atoms with E-state index in [0.717, 1.165) is 25.2 Å². The van der Waals surface area contributed by atoms with Gasteiger partial charge in [0.05, 0.1) is 5.84 Å². The molecule has 0 aliphatic carbocycles. The van der Waals surface area contributed by atoms with E-state index < -0.39 is 0 Å². The molecule has 0 aromatic carbocycles. The van der Waals surface area contributed by atoms with Gasteiger partial charge in [-0.15, -0.1) is 11.3 Å². The molecule has 84 valence electrons. The highest BCUT2D eigenvalue weighted by Gasteiger charge is 2.04. The van der Waals surface area contributed by atoms with E-state index in [9.17, 15) is 0 Å². The average Bonchev–Trinajstić information content (AvgIpc) is 2.75. The molecule has 0 aliphatic rings. The fraction of sp³-hybridized carbons (Fsp3) is 0.583. The van der Waals surface area contributed by atoms with E-state index in [1.165, 1.54) is 17.7 Å². The molecule has 1 aromatic heterocycles. The molecular weight excluding hydrogens is 204 g/mol. The van der Waals surface area contributed by atoms with Gasteiger partial charge < -0.3 is 4.90 Å². The minimum Gasteiger partial charge on any atom is -0.364 e. The maximum absolute atomic E-state index is 7.91. The van der Waals surface area contributed by atoms with Crippen LogP contribution in [0.4, 0.5) is 0 Å². The smallest absolute Gasteiger partial charge is 0.0958 e. The summed E-state index contributed by atoms with van der Waals surface area (Å²) in [6.07, 6.45) is 4.24. The van der Waals surface area contributed by atoms with Gasteiger partial charge in [0, 0.05) is 24.9 Å². The molecule has 0 radical (unpaired) electrons. The van der Waals surface area contributed by atoms with Crippen LogP contribution in [0.25, 0.3) is 0 Å². The van der Waals surface area contributed by atoms with Gasteiger partial charge in [0.2, 0.25) is 0 Å². The summed E-state index contributed by atoms with van der Waals surface area (Å²) < 4.78 is 0. The molecule has 0 atom stereocenters. The average molecular weight is 224 g/mol. The van der Waals surface area contributed by atoms with Crippen molar-refractivity contribution in [1.82, 2.24) is 4.90 Å². The molecule has 15 heavy (non-hydrogen) atoms. The van der Waals surface area contributed by atoms with Crippen LogP contribution in [0.2, 0.25) is 0 Å². The normalized spacial score (nSPS) is 10.3. The van der Waals surface area contributed by atoms with Crippen LogP contribution in [-0.4, -0.2) is 24.3 Å². The van der Waals surface area contributed by atoms with Crippen molar-refractivity contribution >= 4 is 17.2 Å². The third-order valence-electron chi connectivity index (χ3n) is 2.50. The lowest BCUT2D eigenvalue weighted by Crippen LogP contribution is -2.27. The van der Waals surface area contributed by atoms with Crippen molar-refractivity contribution in [2.45, 2.75) is 32.6 Å². The standard InChI is InChI=1S/C12H20N2S/c1-3-4-9-14(2)12(13)8-7-11-6-5-10-15-11/h5-6,10,13H,3-4,7-9H2,1-2H3. The summed E-state index contributed by atoms with van der Waals surface area (Å²) in [5, 5.41) is 10.0. The topological polar surface area (TPSA) is 27.1 Å². The molecule has 1 N–H and O–H groups in total. The predicted molar refractivity (Wildman–Crippen MR) is 67.9 cm³/mol. The first-order valence-corrected chi connectivity index (χ1v) is 6.43. The van der Waals surface area contributed by atoms with Crippen LogP contribution in [0, 0.1) is 5.41 Å². The predicted octanol–water partition coefficient (Wildman–Crippen LogP) is 3.39. The Labute approximate surface area is 96.4 Å². The minimum absolute atomic E-state index is 0.761. The zero-order valence-electron chi connectivity index (χ0n) is 9.62. The summed E-state index contributed by atoms with van der Waals surface area (Å²) in [6.45, 7) is 3.20. The Morgan fingerprint density at radius 1 is 1.53 bits per heavy atom. The van der Waals surface area contributed by atoms with Crippen LogP contribution in [0.15, 0.2) is 17.5 Å². The summed E-state index contributed by atoms with van der Waals surface area (Å²) >= 11 is 1.78. The quantitative estimate of drug-likeness (QED) is 0.582. The Morgan fingerprint density at radius 3 is 2.93 bits per heavy atom. The molecule has 1 heterocycles. The second-order valence-corrected chi connectivity index (χ2v) is 4.83. The highest BCUT2D eigenvalue weighted by Crippen LogP contribution is 2.11. The van der Waals surface area contributed by atoms with Crippen LogP contribution < -0.4 is 0 Å². The molecule has 1 rings (SSSR count). The van der Waals surface area contributed by atoms with Crippen molar-refractivity contribution in [2.24, 2.45) is 0 Å². The van der Waals surface area contributed by atoms with Crippen LogP contribution >= 0.6 is 11.3 Å². The van der Waals surface area contributed by atoms with E-state index in [2.05, 4.69) is 29.3 Å². The number of hydrogen-bond acceptors (Lipinski definition) is 2. The van der Waals surface area contributed by atoms with Gasteiger partial charge in [-0.1, -0.05) is 19.4 Å². The Balaban J connectivity index is 2.23. The van der Waals surface area contributed by atoms with Gasteiger partial charge >= 0.3 is 0 Å². The zero-order chi connectivity index (χ0) is 11.1. The number of nitrogens with zero attached hydrogens (tertiary/aromatic N) is 1. The lowest BCUT2D eigenvalue weighted by molar-refractivity contribution is 0.471. The van der Waals surface area contributed by atoms with Crippen molar-refractivity contribution < 1.29 is 0 Å². The molecule has 0 spiro atoms. The van der Waals surface area contributed by atoms with Gasteiger partial charge in [0.25, 0.3) is 0 Å². The van der Waals surface area contributed by atoms with E-state index in [4.69, 9.17) is 5.41 Å². The van der Waals surface area contributed by atoms with Crippen LogP contribution in [0.3, 0.4) is 0 Å². The zero-order valence-corrected chi connectivity index (χ0v) is 10.4. The number of aryl methyl sites for hydroxylation is 1. The van der Waals surface area contributed by atoms with Gasteiger partial charge in [-0.2, -0.15) is 0 Å². The lowest BCUT2D eigenvalue weighted by atomic mass is 10.2. The highest BCUT2D eigenvalue weighted by atomic mass is 32.1. The minimum atomic E-state index is 0.761. The highest BCUT2D eigenvalue weighted by molar-refractivity contribution is 7.09.